The minimum absolute atomic E-state index is 0.461. The predicted octanol–water partition coefficient (Wildman–Crippen LogP) is -0.619. The summed E-state index contributed by atoms with van der Waals surface area (Å²) < 4.78 is 0. The van der Waals surface area contributed by atoms with Crippen LogP contribution in [0.5, 0.6) is 0 Å². The second-order valence-corrected chi connectivity index (χ2v) is 4.92. The molecule has 0 amide bonds. The molecule has 2 nitrogen and oxygen atoms in total. The lowest BCUT2D eigenvalue weighted by Crippen LogP contribution is -3.04. The van der Waals surface area contributed by atoms with Gasteiger partial charge in [-0.3, -0.25) is 0 Å². The molecule has 0 saturated heterocycles. The van der Waals surface area contributed by atoms with Gasteiger partial charge in [0.15, 0.2) is 12.1 Å². The minimum Gasteiger partial charge on any atom is -0.320 e. The van der Waals surface area contributed by atoms with E-state index < -0.39 is 0 Å². The van der Waals surface area contributed by atoms with E-state index in [1.807, 2.05) is 11.3 Å². The Balaban J connectivity index is 1.85. The Morgan fingerprint density at radius 2 is 2.20 bits per heavy atom. The Morgan fingerprint density at radius 3 is 3.07 bits per heavy atom. The van der Waals surface area contributed by atoms with E-state index in [4.69, 9.17) is 0 Å². The van der Waals surface area contributed by atoms with Gasteiger partial charge in [0.05, 0.1) is 4.88 Å². The van der Waals surface area contributed by atoms with Crippen LogP contribution in [-0.4, -0.2) is 18.3 Å². The number of hydrogen-bond donors (Lipinski definition) is 2. The topological polar surface area (TPSA) is 30.6 Å². The maximum absolute atomic E-state index is 3.47. The summed E-state index contributed by atoms with van der Waals surface area (Å²) in [5.41, 5.74) is 0. The molecule has 3 rings (SSSR count). The lowest BCUT2D eigenvalue weighted by atomic mass is 10.00. The van der Waals surface area contributed by atoms with E-state index in [2.05, 4.69) is 58.3 Å². The fraction of sp³-hybridized carbons (Fsp3) is 0.250. The molecule has 0 saturated carbocycles. The minimum atomic E-state index is 0.461. The van der Waals surface area contributed by atoms with Crippen molar-refractivity contribution in [1.29, 1.82) is 0 Å². The number of hydrogen-bond acceptors (Lipinski definition) is 1. The summed E-state index contributed by atoms with van der Waals surface area (Å²) in [4.78, 5) is 4.89. The molecule has 3 heteroatoms. The second kappa shape index (κ2) is 3.76. The van der Waals surface area contributed by atoms with Crippen molar-refractivity contribution >= 4 is 17.6 Å². The summed E-state index contributed by atoms with van der Waals surface area (Å²) in [6.07, 6.45) is 10.9. The smallest absolute Gasteiger partial charge is 0.224 e. The van der Waals surface area contributed by atoms with Gasteiger partial charge in [-0.05, 0) is 23.6 Å². The Labute approximate surface area is 93.0 Å². The third kappa shape index (κ3) is 1.68. The quantitative estimate of drug-likeness (QED) is 0.629. The van der Waals surface area contributed by atoms with Crippen LogP contribution < -0.4 is 10.3 Å². The molecular weight excluding hydrogens is 204 g/mol. The van der Waals surface area contributed by atoms with Crippen LogP contribution in [-0.2, 0) is 0 Å². The largest absolute Gasteiger partial charge is 0.320 e. The molecule has 0 radical (unpaired) electrons. The van der Waals surface area contributed by atoms with Crippen molar-refractivity contribution < 1.29 is 10.3 Å². The molecule has 3 atom stereocenters. The first-order valence-electron chi connectivity index (χ1n) is 5.26. The van der Waals surface area contributed by atoms with E-state index in [0.29, 0.717) is 18.1 Å². The number of nitrogens with two attached hydrogens (primary N) is 1. The normalized spacial score (nSPS) is 32.9. The zero-order chi connectivity index (χ0) is 10.1. The first-order chi connectivity index (χ1) is 7.43. The summed E-state index contributed by atoms with van der Waals surface area (Å²) >= 11 is 1.82. The van der Waals surface area contributed by atoms with Gasteiger partial charge in [0, 0.05) is 0 Å². The van der Waals surface area contributed by atoms with E-state index in [1.54, 1.807) is 0 Å². The van der Waals surface area contributed by atoms with Crippen molar-refractivity contribution in [2.45, 2.75) is 18.1 Å². The Bertz CT molecular complexity index is 417. The Hall–Kier alpha value is -1.19. The van der Waals surface area contributed by atoms with Gasteiger partial charge < -0.3 is 5.32 Å². The highest BCUT2D eigenvalue weighted by atomic mass is 32.1. The molecule has 15 heavy (non-hydrogen) atoms. The average Bonchev–Trinajstić information content (AvgIpc) is 2.82. The van der Waals surface area contributed by atoms with Gasteiger partial charge in [-0.1, -0.05) is 18.2 Å². The zero-order valence-electron chi connectivity index (χ0n) is 8.34. The van der Waals surface area contributed by atoms with Crippen LogP contribution in [0.15, 0.2) is 41.8 Å². The lowest BCUT2D eigenvalue weighted by molar-refractivity contribution is -0.752. The molecule has 0 aromatic carbocycles. The van der Waals surface area contributed by atoms with Gasteiger partial charge in [-0.15, -0.1) is 11.3 Å². The predicted molar refractivity (Wildman–Crippen MR) is 61.9 cm³/mol. The molecule has 3 N–H and O–H groups in total. The highest BCUT2D eigenvalue weighted by Crippen LogP contribution is 2.14. The monoisotopic (exact) mass is 218 g/mol. The standard InChI is InChI=1S/C12H12N2S/c1-2-5-10-9(4-1)13-8-11(14-10)12-6-3-7-15-12/h1-11,14H/p+2/t9-,10+,11-/m1/s1. The summed E-state index contributed by atoms with van der Waals surface area (Å²) in [6, 6.07) is 5.78. The van der Waals surface area contributed by atoms with Gasteiger partial charge >= 0.3 is 0 Å². The molecule has 76 valence electrons. The van der Waals surface area contributed by atoms with Crippen molar-refractivity contribution in [3.63, 3.8) is 0 Å². The molecule has 1 aliphatic carbocycles. The number of allylic oxidation sites excluding steroid dienone is 2. The molecule has 1 aromatic heterocycles. The maximum Gasteiger partial charge on any atom is 0.224 e. The number of thiophene rings is 1. The molecular formula is C12H14N2S+2. The van der Waals surface area contributed by atoms with Gasteiger partial charge in [-0.25, -0.2) is 4.99 Å². The van der Waals surface area contributed by atoms with Crippen molar-refractivity contribution in [1.82, 2.24) is 0 Å². The van der Waals surface area contributed by atoms with Crippen molar-refractivity contribution in [3.8, 4) is 0 Å². The van der Waals surface area contributed by atoms with Crippen molar-refractivity contribution in [3.05, 3.63) is 46.7 Å². The summed E-state index contributed by atoms with van der Waals surface area (Å²) in [6.45, 7) is 0. The van der Waals surface area contributed by atoms with E-state index in [-0.39, 0.29) is 0 Å². The van der Waals surface area contributed by atoms with Crippen LogP contribution >= 0.6 is 11.3 Å². The lowest BCUT2D eigenvalue weighted by Gasteiger charge is -2.22. The average molecular weight is 218 g/mol. The van der Waals surface area contributed by atoms with Crippen molar-refractivity contribution in [2.24, 2.45) is 0 Å². The van der Waals surface area contributed by atoms with E-state index in [1.165, 1.54) is 4.88 Å². The van der Waals surface area contributed by atoms with Crippen LogP contribution in [0.1, 0.15) is 10.9 Å². The van der Waals surface area contributed by atoms with Crippen LogP contribution in [0.25, 0.3) is 0 Å². The first-order valence-corrected chi connectivity index (χ1v) is 6.14. The fourth-order valence-corrected chi connectivity index (χ4v) is 2.92. The third-order valence-corrected chi connectivity index (χ3v) is 3.92. The van der Waals surface area contributed by atoms with Gasteiger partial charge in [0.2, 0.25) is 12.3 Å². The zero-order valence-corrected chi connectivity index (χ0v) is 9.15. The molecule has 2 heterocycles. The Morgan fingerprint density at radius 1 is 1.27 bits per heavy atom. The summed E-state index contributed by atoms with van der Waals surface area (Å²) in [5.74, 6) is 0. The van der Waals surface area contributed by atoms with E-state index >= 15 is 0 Å². The summed E-state index contributed by atoms with van der Waals surface area (Å²) in [7, 11) is 0. The molecule has 2 aliphatic rings. The SMILES string of the molecule is C1=C[C@@H]2[NH2+][C@@H](c3cccs3)C=[NH+][C@@H]2C=C1. The number of rotatable bonds is 1. The molecule has 0 fully saturated rings. The molecule has 0 spiro atoms. The second-order valence-electron chi connectivity index (χ2n) is 3.94. The van der Waals surface area contributed by atoms with Gasteiger partial charge in [-0.2, -0.15) is 0 Å². The Kier molecular flexibility index (Phi) is 2.27. The van der Waals surface area contributed by atoms with Gasteiger partial charge in [0.1, 0.15) is 0 Å². The molecule has 0 bridgehead atoms. The fourth-order valence-electron chi connectivity index (χ4n) is 2.14. The molecule has 1 aliphatic heterocycles. The van der Waals surface area contributed by atoms with E-state index in [9.17, 15) is 0 Å². The van der Waals surface area contributed by atoms with Crippen LogP contribution in [0.4, 0.5) is 0 Å². The van der Waals surface area contributed by atoms with Crippen LogP contribution in [0, 0.1) is 0 Å². The van der Waals surface area contributed by atoms with Gasteiger partial charge in [0.25, 0.3) is 0 Å². The van der Waals surface area contributed by atoms with E-state index in [0.717, 1.165) is 0 Å². The van der Waals surface area contributed by atoms with Crippen molar-refractivity contribution in [2.75, 3.05) is 0 Å². The third-order valence-electron chi connectivity index (χ3n) is 2.95. The highest BCUT2D eigenvalue weighted by Gasteiger charge is 2.34. The number of nitrogens with one attached hydrogen (secondary N) is 1. The highest BCUT2D eigenvalue weighted by molar-refractivity contribution is 7.10. The first kappa shape index (κ1) is 9.07. The summed E-state index contributed by atoms with van der Waals surface area (Å²) in [5, 5.41) is 4.56. The van der Waals surface area contributed by atoms with Crippen LogP contribution in [0.3, 0.4) is 0 Å². The molecule has 1 aromatic rings. The number of quaternary nitrogens is 1. The van der Waals surface area contributed by atoms with Crippen LogP contribution in [0.2, 0.25) is 0 Å². The maximum atomic E-state index is 3.47. The molecule has 0 unspecified atom stereocenters. The number of fused-ring (bicyclic) bond motifs is 1.